The number of anilines is 3. The molecule has 0 radical (unpaired) electrons. The lowest BCUT2D eigenvalue weighted by molar-refractivity contribution is -0.137. The van der Waals surface area contributed by atoms with E-state index in [0.29, 0.717) is 24.3 Å². The van der Waals surface area contributed by atoms with Gasteiger partial charge in [-0.15, -0.1) is 0 Å². The van der Waals surface area contributed by atoms with Crippen LogP contribution in [0.3, 0.4) is 0 Å². The molecule has 0 bridgehead atoms. The zero-order valence-corrected chi connectivity index (χ0v) is 18.6. The van der Waals surface area contributed by atoms with Crippen molar-refractivity contribution in [2.24, 2.45) is 5.92 Å². The number of carboxylic acids is 1. The Balaban J connectivity index is 1.53. The molecular formula is C24H28N4O5. The Bertz CT molecular complexity index is 1040. The summed E-state index contributed by atoms with van der Waals surface area (Å²) in [6.07, 6.45) is 0.399. The number of nitrogens with one attached hydrogen (secondary N) is 3. The van der Waals surface area contributed by atoms with Gasteiger partial charge in [0.25, 0.3) is 0 Å². The first-order valence-corrected chi connectivity index (χ1v) is 10.8. The molecular weight excluding hydrogens is 424 g/mol. The van der Waals surface area contributed by atoms with Gasteiger partial charge in [0.05, 0.1) is 6.42 Å². The molecule has 9 nitrogen and oxygen atoms in total. The van der Waals surface area contributed by atoms with E-state index >= 15 is 0 Å². The first-order chi connectivity index (χ1) is 15.7. The van der Waals surface area contributed by atoms with E-state index in [4.69, 9.17) is 5.11 Å². The van der Waals surface area contributed by atoms with Gasteiger partial charge in [0, 0.05) is 42.0 Å². The minimum atomic E-state index is -0.989. The van der Waals surface area contributed by atoms with E-state index in [1.54, 1.807) is 36.1 Å². The smallest absolute Gasteiger partial charge is 0.323 e. The quantitative estimate of drug-likeness (QED) is 0.488. The van der Waals surface area contributed by atoms with Crippen LogP contribution in [0.4, 0.5) is 21.9 Å². The average Bonchev–Trinajstić information content (AvgIpc) is 3.09. The molecule has 4 N–H and O–H groups in total. The van der Waals surface area contributed by atoms with Crippen LogP contribution < -0.4 is 20.9 Å². The number of para-hydroxylation sites is 1. The third-order valence-corrected chi connectivity index (χ3v) is 5.47. The summed E-state index contributed by atoms with van der Waals surface area (Å²) >= 11 is 0. The molecule has 9 heteroatoms. The first-order valence-electron chi connectivity index (χ1n) is 10.8. The van der Waals surface area contributed by atoms with Gasteiger partial charge in [-0.2, -0.15) is 0 Å². The standard InChI is InChI=1S/C24H28N4O5/c1-15-5-3-4-6-20(15)27-24(33)26-18-7-9-19(10-8-18)28-12-11-17(23(28)32)14-21(29)25-16(2)13-22(30)31/h3-10,16-17H,11-14H2,1-2H3,(H,25,29)(H,30,31)(H2,26,27,33)/t16?,17-/m0/s1. The Morgan fingerprint density at radius 3 is 2.45 bits per heavy atom. The normalized spacial score (nSPS) is 16.2. The van der Waals surface area contributed by atoms with Crippen LogP contribution in [0, 0.1) is 12.8 Å². The molecule has 0 saturated carbocycles. The van der Waals surface area contributed by atoms with Crippen molar-refractivity contribution < 1.29 is 24.3 Å². The lowest BCUT2D eigenvalue weighted by Gasteiger charge is -2.18. The van der Waals surface area contributed by atoms with Crippen molar-refractivity contribution in [3.05, 3.63) is 54.1 Å². The second-order valence-corrected chi connectivity index (χ2v) is 8.19. The summed E-state index contributed by atoms with van der Waals surface area (Å²) < 4.78 is 0. The molecule has 4 amide bonds. The van der Waals surface area contributed by atoms with Gasteiger partial charge in [-0.25, -0.2) is 4.79 Å². The second kappa shape index (κ2) is 10.6. The van der Waals surface area contributed by atoms with Gasteiger partial charge in [-0.3, -0.25) is 14.4 Å². The fourth-order valence-electron chi connectivity index (χ4n) is 3.78. The van der Waals surface area contributed by atoms with Gasteiger partial charge in [-0.1, -0.05) is 18.2 Å². The number of hydrogen-bond acceptors (Lipinski definition) is 4. The first kappa shape index (κ1) is 23.8. The van der Waals surface area contributed by atoms with Crippen LogP contribution in [0.15, 0.2) is 48.5 Å². The molecule has 0 spiro atoms. The Hall–Kier alpha value is -3.88. The van der Waals surface area contributed by atoms with Crippen LogP contribution >= 0.6 is 0 Å². The van der Waals surface area contributed by atoms with Crippen molar-refractivity contribution in [2.45, 2.75) is 39.2 Å². The summed E-state index contributed by atoms with van der Waals surface area (Å²) in [5, 5.41) is 17.0. The van der Waals surface area contributed by atoms with Gasteiger partial charge in [-0.05, 0) is 56.2 Å². The van der Waals surface area contributed by atoms with Gasteiger partial charge in [0.15, 0.2) is 0 Å². The number of hydrogen-bond donors (Lipinski definition) is 4. The van der Waals surface area contributed by atoms with Gasteiger partial charge in [0.2, 0.25) is 11.8 Å². The van der Waals surface area contributed by atoms with Crippen molar-refractivity contribution in [3.63, 3.8) is 0 Å². The van der Waals surface area contributed by atoms with E-state index in [0.717, 1.165) is 11.3 Å². The number of aliphatic carboxylic acids is 1. The molecule has 2 atom stereocenters. The number of aryl methyl sites for hydroxylation is 1. The zero-order valence-electron chi connectivity index (χ0n) is 18.6. The van der Waals surface area contributed by atoms with Crippen LogP contribution in [-0.2, 0) is 14.4 Å². The minimum absolute atomic E-state index is 0.0258. The Labute approximate surface area is 192 Å². The van der Waals surface area contributed by atoms with Crippen molar-refractivity contribution in [1.82, 2.24) is 5.32 Å². The highest BCUT2D eigenvalue weighted by Gasteiger charge is 2.34. The van der Waals surface area contributed by atoms with E-state index in [2.05, 4.69) is 16.0 Å². The van der Waals surface area contributed by atoms with Crippen LogP contribution in [0.25, 0.3) is 0 Å². The Morgan fingerprint density at radius 2 is 1.79 bits per heavy atom. The molecule has 1 heterocycles. The van der Waals surface area contributed by atoms with Crippen molar-refractivity contribution in [1.29, 1.82) is 0 Å². The maximum absolute atomic E-state index is 12.8. The molecule has 1 aliphatic heterocycles. The number of carbonyl (C=O) groups excluding carboxylic acids is 3. The number of urea groups is 1. The second-order valence-electron chi connectivity index (χ2n) is 8.19. The average molecular weight is 453 g/mol. The van der Waals surface area contributed by atoms with E-state index in [-0.39, 0.29) is 30.7 Å². The van der Waals surface area contributed by atoms with Gasteiger partial charge >= 0.3 is 12.0 Å². The van der Waals surface area contributed by atoms with Crippen LogP contribution in [0.2, 0.25) is 0 Å². The SMILES string of the molecule is Cc1ccccc1NC(=O)Nc1ccc(N2CC[C@@H](CC(=O)NC(C)CC(=O)O)C2=O)cc1. The fourth-order valence-corrected chi connectivity index (χ4v) is 3.78. The summed E-state index contributed by atoms with van der Waals surface area (Å²) in [5.41, 5.74) is 2.95. The summed E-state index contributed by atoms with van der Waals surface area (Å²) in [7, 11) is 0. The molecule has 1 unspecified atom stereocenters. The number of rotatable bonds is 8. The van der Waals surface area contributed by atoms with Crippen LogP contribution in [0.5, 0.6) is 0 Å². The molecule has 174 valence electrons. The highest BCUT2D eigenvalue weighted by molar-refractivity contribution is 6.01. The molecule has 33 heavy (non-hydrogen) atoms. The third kappa shape index (κ3) is 6.55. The summed E-state index contributed by atoms with van der Waals surface area (Å²) in [6, 6.07) is 13.5. The van der Waals surface area contributed by atoms with Crippen molar-refractivity contribution >= 4 is 40.9 Å². The van der Waals surface area contributed by atoms with E-state index in [9.17, 15) is 19.2 Å². The van der Waals surface area contributed by atoms with Gasteiger partial charge < -0.3 is 26.0 Å². The maximum atomic E-state index is 12.8. The Kier molecular flexibility index (Phi) is 7.66. The van der Waals surface area contributed by atoms with Gasteiger partial charge in [0.1, 0.15) is 0 Å². The van der Waals surface area contributed by atoms with Crippen molar-refractivity contribution in [3.8, 4) is 0 Å². The Morgan fingerprint density at radius 1 is 1.09 bits per heavy atom. The maximum Gasteiger partial charge on any atom is 0.323 e. The van der Waals surface area contributed by atoms with Crippen molar-refractivity contribution in [2.75, 3.05) is 22.1 Å². The topological polar surface area (TPSA) is 128 Å². The fraction of sp³-hybridized carbons (Fsp3) is 0.333. The number of carbonyl (C=O) groups is 4. The number of amides is 4. The number of carboxylic acid groups (broad SMARTS) is 1. The third-order valence-electron chi connectivity index (χ3n) is 5.47. The monoisotopic (exact) mass is 452 g/mol. The largest absolute Gasteiger partial charge is 0.481 e. The molecule has 2 aromatic carbocycles. The summed E-state index contributed by atoms with van der Waals surface area (Å²) in [6.45, 7) is 4.01. The summed E-state index contributed by atoms with van der Waals surface area (Å²) in [4.78, 5) is 49.5. The summed E-state index contributed by atoms with van der Waals surface area (Å²) in [5.74, 6) is -1.91. The predicted octanol–water partition coefficient (Wildman–Crippen LogP) is 3.36. The zero-order chi connectivity index (χ0) is 24.0. The lowest BCUT2D eigenvalue weighted by atomic mass is 10.0. The molecule has 0 aromatic heterocycles. The highest BCUT2D eigenvalue weighted by Crippen LogP contribution is 2.28. The van der Waals surface area contributed by atoms with Crippen LogP contribution in [-0.4, -0.2) is 41.5 Å². The molecule has 0 aliphatic carbocycles. The minimum Gasteiger partial charge on any atom is -0.481 e. The number of nitrogens with zero attached hydrogens (tertiary/aromatic N) is 1. The molecule has 3 rings (SSSR count). The molecule has 2 aromatic rings. The highest BCUT2D eigenvalue weighted by atomic mass is 16.4. The molecule has 1 fully saturated rings. The molecule has 1 saturated heterocycles. The van der Waals surface area contributed by atoms with E-state index < -0.39 is 17.9 Å². The predicted molar refractivity (Wildman–Crippen MR) is 125 cm³/mol. The van der Waals surface area contributed by atoms with E-state index in [1.807, 2.05) is 31.2 Å². The molecule has 1 aliphatic rings. The number of benzene rings is 2. The van der Waals surface area contributed by atoms with E-state index in [1.165, 1.54) is 0 Å². The van der Waals surface area contributed by atoms with Crippen LogP contribution in [0.1, 0.15) is 31.7 Å². The lowest BCUT2D eigenvalue weighted by Crippen LogP contribution is -2.36.